The minimum atomic E-state index is -0.504. The summed E-state index contributed by atoms with van der Waals surface area (Å²) in [5.41, 5.74) is 13.6. The summed E-state index contributed by atoms with van der Waals surface area (Å²) in [5, 5.41) is 0.739. The van der Waals surface area contributed by atoms with Crippen LogP contribution in [-0.4, -0.2) is 12.5 Å². The van der Waals surface area contributed by atoms with E-state index in [1.165, 1.54) is 11.8 Å². The van der Waals surface area contributed by atoms with Gasteiger partial charge in [-0.05, 0) is 55.4 Å². The summed E-state index contributed by atoms with van der Waals surface area (Å²) in [7, 11) is 0. The maximum Gasteiger partial charge on any atom is 0.284 e. The molecule has 1 amide bonds. The van der Waals surface area contributed by atoms with Crippen LogP contribution in [0.3, 0.4) is 0 Å². The lowest BCUT2D eigenvalue weighted by molar-refractivity contribution is 0.0971. The van der Waals surface area contributed by atoms with Crippen LogP contribution in [0.25, 0.3) is 0 Å². The molecule has 130 valence electrons. The van der Waals surface area contributed by atoms with Crippen molar-refractivity contribution in [2.24, 2.45) is 11.5 Å². The topological polar surface area (TPSA) is 82.2 Å². The normalized spacial score (nSPS) is 23.5. The van der Waals surface area contributed by atoms with E-state index in [0.717, 1.165) is 36.3 Å². The van der Waals surface area contributed by atoms with E-state index in [1.807, 2.05) is 24.3 Å². The van der Waals surface area contributed by atoms with Crippen molar-refractivity contribution in [3.05, 3.63) is 58.5 Å². The highest BCUT2D eigenvalue weighted by Crippen LogP contribution is 2.45. The molecule has 4 nitrogen and oxygen atoms in total. The Morgan fingerprint density at radius 1 is 1.29 bits per heavy atom. The molecule has 24 heavy (non-hydrogen) atoms. The molecule has 1 saturated carbocycles. The second kappa shape index (κ2) is 7.60. The Kier molecular flexibility index (Phi) is 5.97. The molecule has 0 spiro atoms. The highest BCUT2D eigenvalue weighted by atomic mass is 35.5. The summed E-state index contributed by atoms with van der Waals surface area (Å²) in [5.74, 6) is 0.0728. The smallest absolute Gasteiger partial charge is 0.284 e. The summed E-state index contributed by atoms with van der Waals surface area (Å²) in [6.07, 6.45) is 5.35. The first kappa shape index (κ1) is 18.8. The minimum Gasteiger partial charge on any atom is -0.459 e. The maximum absolute atomic E-state index is 11.5. The van der Waals surface area contributed by atoms with E-state index in [0.29, 0.717) is 6.54 Å². The average Bonchev–Trinajstić information content (AvgIpc) is 3.05. The number of hydrogen-bond acceptors (Lipinski definition) is 3. The molecule has 6 heteroatoms. The van der Waals surface area contributed by atoms with Gasteiger partial charge < -0.3 is 15.9 Å². The standard InChI is InChI=1S/C18H21ClN2O2.ClH/c19-14-3-1-2-13(10-14)18(11-20)7-4-12(5-8-18)15-6-9-23-16(15)17(21)22;/h1-3,6,9-10,12H,4-5,7-8,11,20H2,(H2,21,22);1H. The third-order valence-electron chi connectivity index (χ3n) is 5.13. The van der Waals surface area contributed by atoms with Gasteiger partial charge in [0.05, 0.1) is 6.26 Å². The van der Waals surface area contributed by atoms with E-state index in [4.69, 9.17) is 27.5 Å². The van der Waals surface area contributed by atoms with Crippen molar-refractivity contribution in [2.75, 3.05) is 6.54 Å². The molecular weight excluding hydrogens is 347 g/mol. The molecule has 0 bridgehead atoms. The Bertz CT molecular complexity index is 707. The number of amides is 1. The molecule has 0 aliphatic heterocycles. The van der Waals surface area contributed by atoms with Gasteiger partial charge in [0.25, 0.3) is 5.91 Å². The number of hydrogen-bond donors (Lipinski definition) is 2. The fourth-order valence-electron chi connectivity index (χ4n) is 3.75. The lowest BCUT2D eigenvalue weighted by atomic mass is 9.65. The molecule has 2 aromatic rings. The zero-order chi connectivity index (χ0) is 16.4. The molecule has 1 heterocycles. The number of carbonyl (C=O) groups excluding carboxylic acids is 1. The van der Waals surface area contributed by atoms with Crippen LogP contribution in [0.2, 0.25) is 5.02 Å². The largest absolute Gasteiger partial charge is 0.459 e. The van der Waals surface area contributed by atoms with E-state index in [2.05, 4.69) is 6.07 Å². The van der Waals surface area contributed by atoms with Crippen molar-refractivity contribution >= 4 is 29.9 Å². The molecule has 1 aromatic heterocycles. The number of carbonyl (C=O) groups is 1. The van der Waals surface area contributed by atoms with Gasteiger partial charge in [-0.3, -0.25) is 4.79 Å². The predicted molar refractivity (Wildman–Crippen MR) is 97.9 cm³/mol. The van der Waals surface area contributed by atoms with Gasteiger partial charge in [-0.15, -0.1) is 12.4 Å². The molecule has 1 aliphatic carbocycles. The minimum absolute atomic E-state index is 0. The fourth-order valence-corrected chi connectivity index (χ4v) is 3.94. The number of primary amides is 1. The van der Waals surface area contributed by atoms with Gasteiger partial charge in [0.15, 0.2) is 5.76 Å². The van der Waals surface area contributed by atoms with E-state index >= 15 is 0 Å². The first-order valence-electron chi connectivity index (χ1n) is 7.89. The van der Waals surface area contributed by atoms with Crippen molar-refractivity contribution < 1.29 is 9.21 Å². The van der Waals surface area contributed by atoms with Crippen molar-refractivity contribution in [2.45, 2.75) is 37.0 Å². The van der Waals surface area contributed by atoms with Gasteiger partial charge in [-0.2, -0.15) is 0 Å². The number of rotatable bonds is 4. The van der Waals surface area contributed by atoms with Crippen molar-refractivity contribution in [3.63, 3.8) is 0 Å². The van der Waals surface area contributed by atoms with Crippen LogP contribution >= 0.6 is 24.0 Å². The van der Waals surface area contributed by atoms with Crippen LogP contribution < -0.4 is 11.5 Å². The zero-order valence-corrected chi connectivity index (χ0v) is 14.9. The van der Waals surface area contributed by atoms with Crippen LogP contribution in [0.5, 0.6) is 0 Å². The van der Waals surface area contributed by atoms with E-state index < -0.39 is 5.91 Å². The molecule has 0 atom stereocenters. The van der Waals surface area contributed by atoms with Crippen LogP contribution in [0.1, 0.15) is 53.3 Å². The molecule has 1 aliphatic rings. The third-order valence-corrected chi connectivity index (χ3v) is 5.36. The van der Waals surface area contributed by atoms with Crippen LogP contribution in [0, 0.1) is 0 Å². The summed E-state index contributed by atoms with van der Waals surface area (Å²) >= 11 is 6.14. The molecular formula is C18H22Cl2N2O2. The molecule has 0 unspecified atom stereocenters. The van der Waals surface area contributed by atoms with Gasteiger partial charge in [-0.25, -0.2) is 0 Å². The second-order valence-electron chi connectivity index (χ2n) is 6.34. The SMILES string of the molecule is Cl.NCC1(c2cccc(Cl)c2)CCC(c2ccoc2C(N)=O)CC1. The summed E-state index contributed by atoms with van der Waals surface area (Å²) in [4.78, 5) is 11.5. The lowest BCUT2D eigenvalue weighted by Gasteiger charge is -2.40. The van der Waals surface area contributed by atoms with Gasteiger partial charge in [0, 0.05) is 22.5 Å². The highest BCUT2D eigenvalue weighted by Gasteiger charge is 2.37. The number of halogens is 2. The predicted octanol–water partition coefficient (Wildman–Crippen LogP) is 4.01. The average molecular weight is 369 g/mol. The van der Waals surface area contributed by atoms with Crippen molar-refractivity contribution in [1.29, 1.82) is 0 Å². The van der Waals surface area contributed by atoms with Crippen molar-refractivity contribution in [1.82, 2.24) is 0 Å². The van der Waals surface area contributed by atoms with Gasteiger partial charge in [-0.1, -0.05) is 23.7 Å². The van der Waals surface area contributed by atoms with Crippen LogP contribution in [0.15, 0.2) is 41.0 Å². The Hall–Kier alpha value is -1.49. The van der Waals surface area contributed by atoms with Gasteiger partial charge >= 0.3 is 0 Å². The molecule has 0 radical (unpaired) electrons. The zero-order valence-electron chi connectivity index (χ0n) is 13.3. The molecule has 1 fully saturated rings. The molecule has 0 saturated heterocycles. The number of benzene rings is 1. The summed E-state index contributed by atoms with van der Waals surface area (Å²) in [6.45, 7) is 0.591. The number of furan rings is 1. The Morgan fingerprint density at radius 3 is 2.58 bits per heavy atom. The second-order valence-corrected chi connectivity index (χ2v) is 6.77. The maximum atomic E-state index is 11.5. The Balaban J connectivity index is 0.00000208. The van der Waals surface area contributed by atoms with Gasteiger partial charge in [0.2, 0.25) is 0 Å². The fraction of sp³-hybridized carbons (Fsp3) is 0.389. The van der Waals surface area contributed by atoms with Gasteiger partial charge in [0.1, 0.15) is 0 Å². The quantitative estimate of drug-likeness (QED) is 0.854. The summed E-state index contributed by atoms with van der Waals surface area (Å²) < 4.78 is 5.24. The van der Waals surface area contributed by atoms with E-state index in [-0.39, 0.29) is 29.5 Å². The highest BCUT2D eigenvalue weighted by molar-refractivity contribution is 6.30. The van der Waals surface area contributed by atoms with Crippen molar-refractivity contribution in [3.8, 4) is 0 Å². The number of nitrogens with two attached hydrogens (primary N) is 2. The Labute approximate surface area is 152 Å². The van der Waals surface area contributed by atoms with Crippen LogP contribution in [0.4, 0.5) is 0 Å². The molecule has 4 N–H and O–H groups in total. The van der Waals surface area contributed by atoms with Crippen LogP contribution in [-0.2, 0) is 5.41 Å². The summed E-state index contributed by atoms with van der Waals surface area (Å²) in [6, 6.07) is 9.83. The molecule has 1 aromatic carbocycles. The monoisotopic (exact) mass is 368 g/mol. The van der Waals surface area contributed by atoms with E-state index in [9.17, 15) is 4.79 Å². The molecule has 3 rings (SSSR count). The first-order chi connectivity index (χ1) is 11.1. The third kappa shape index (κ3) is 3.46. The Morgan fingerprint density at radius 2 is 2.00 bits per heavy atom. The lowest BCUT2D eigenvalue weighted by Crippen LogP contribution is -2.38. The van der Waals surface area contributed by atoms with E-state index in [1.54, 1.807) is 0 Å². The first-order valence-corrected chi connectivity index (χ1v) is 8.27.